The minimum Gasteiger partial charge on any atom is -0.358 e. The summed E-state index contributed by atoms with van der Waals surface area (Å²) in [5.74, 6) is 1.46. The molecule has 0 aliphatic heterocycles. The number of carbonyl (C=O) groups excluding carboxylic acids is 1. The highest BCUT2D eigenvalue weighted by Gasteiger charge is 2.16. The first kappa shape index (κ1) is 15.9. The Bertz CT molecular complexity index is 449. The lowest BCUT2D eigenvalue weighted by atomic mass is 10.4. The van der Waals surface area contributed by atoms with Crippen LogP contribution in [-0.4, -0.2) is 62.1 Å². The first-order valence-corrected chi connectivity index (χ1v) is 6.58. The number of nitrogens with zero attached hydrogens (tertiary/aromatic N) is 5. The molecule has 0 spiro atoms. The molecular weight excluding hydrogens is 258 g/mol. The van der Waals surface area contributed by atoms with Gasteiger partial charge < -0.3 is 20.4 Å². The minimum absolute atomic E-state index is 0.0729. The summed E-state index contributed by atoms with van der Waals surface area (Å²) in [6, 6.07) is 0. The Morgan fingerprint density at radius 1 is 1.15 bits per heavy atom. The van der Waals surface area contributed by atoms with Gasteiger partial charge >= 0.3 is 0 Å². The van der Waals surface area contributed by atoms with Crippen molar-refractivity contribution in [3.63, 3.8) is 0 Å². The lowest BCUT2D eigenvalue weighted by Gasteiger charge is -2.22. The molecule has 0 aliphatic rings. The van der Waals surface area contributed by atoms with E-state index < -0.39 is 0 Å². The van der Waals surface area contributed by atoms with Crippen LogP contribution in [0.5, 0.6) is 0 Å². The number of carbonyl (C=O) groups is 1. The predicted molar refractivity (Wildman–Crippen MR) is 80.3 cm³/mol. The van der Waals surface area contributed by atoms with E-state index in [1.54, 1.807) is 19.0 Å². The number of aromatic nitrogens is 3. The molecule has 0 aromatic carbocycles. The van der Waals surface area contributed by atoms with E-state index in [1.165, 1.54) is 0 Å². The zero-order valence-corrected chi connectivity index (χ0v) is 12.8. The van der Waals surface area contributed by atoms with E-state index in [-0.39, 0.29) is 12.5 Å². The molecule has 112 valence electrons. The average molecular weight is 281 g/mol. The fourth-order valence-electron chi connectivity index (χ4n) is 1.58. The Morgan fingerprint density at radius 3 is 2.30 bits per heavy atom. The fraction of sp³-hybridized carbons (Fsp3) is 0.667. The molecule has 0 aliphatic carbocycles. The van der Waals surface area contributed by atoms with Crippen molar-refractivity contribution in [1.29, 1.82) is 0 Å². The fourth-order valence-corrected chi connectivity index (χ4v) is 1.58. The SMILES string of the molecule is CCCN(CC(=O)NC)c1nc(NC)nc(N(C)C)n1. The van der Waals surface area contributed by atoms with E-state index in [0.29, 0.717) is 24.4 Å². The second kappa shape index (κ2) is 7.46. The predicted octanol–water partition coefficient (Wildman–Crippen LogP) is -0.0583. The Morgan fingerprint density at radius 2 is 1.80 bits per heavy atom. The van der Waals surface area contributed by atoms with E-state index in [0.717, 1.165) is 6.42 Å². The van der Waals surface area contributed by atoms with Crippen LogP contribution < -0.4 is 20.4 Å². The van der Waals surface area contributed by atoms with Crippen LogP contribution in [0.4, 0.5) is 17.8 Å². The van der Waals surface area contributed by atoms with Crippen LogP contribution >= 0.6 is 0 Å². The van der Waals surface area contributed by atoms with Gasteiger partial charge in [0.1, 0.15) is 0 Å². The highest BCUT2D eigenvalue weighted by molar-refractivity contribution is 5.80. The zero-order valence-electron chi connectivity index (χ0n) is 12.8. The zero-order chi connectivity index (χ0) is 15.1. The van der Waals surface area contributed by atoms with Gasteiger partial charge in [-0.05, 0) is 6.42 Å². The summed E-state index contributed by atoms with van der Waals surface area (Å²) in [6.45, 7) is 2.97. The Hall–Kier alpha value is -2.12. The monoisotopic (exact) mass is 281 g/mol. The number of likely N-dealkylation sites (N-methyl/N-ethyl adjacent to an activating group) is 1. The van der Waals surface area contributed by atoms with E-state index in [2.05, 4.69) is 25.6 Å². The van der Waals surface area contributed by atoms with Crippen molar-refractivity contribution < 1.29 is 4.79 Å². The Labute approximate surface area is 119 Å². The second-order valence-corrected chi connectivity index (χ2v) is 4.50. The highest BCUT2D eigenvalue weighted by Crippen LogP contribution is 2.15. The van der Waals surface area contributed by atoms with E-state index in [1.807, 2.05) is 25.9 Å². The third-order valence-corrected chi connectivity index (χ3v) is 2.63. The van der Waals surface area contributed by atoms with Crippen LogP contribution in [-0.2, 0) is 4.79 Å². The molecule has 8 heteroatoms. The van der Waals surface area contributed by atoms with Crippen LogP contribution in [0.1, 0.15) is 13.3 Å². The van der Waals surface area contributed by atoms with Crippen molar-refractivity contribution in [3.8, 4) is 0 Å². The number of hydrogen-bond acceptors (Lipinski definition) is 7. The van der Waals surface area contributed by atoms with Crippen LogP contribution in [0, 0.1) is 0 Å². The number of amides is 1. The van der Waals surface area contributed by atoms with Crippen molar-refractivity contribution in [2.45, 2.75) is 13.3 Å². The van der Waals surface area contributed by atoms with Crippen LogP contribution in [0.15, 0.2) is 0 Å². The molecule has 1 rings (SSSR count). The molecule has 1 amide bonds. The molecule has 0 unspecified atom stereocenters. The van der Waals surface area contributed by atoms with Gasteiger partial charge in [0, 0.05) is 34.7 Å². The molecule has 0 saturated carbocycles. The quantitative estimate of drug-likeness (QED) is 0.724. The van der Waals surface area contributed by atoms with E-state index in [9.17, 15) is 4.79 Å². The molecule has 2 N–H and O–H groups in total. The van der Waals surface area contributed by atoms with Crippen molar-refractivity contribution in [2.75, 3.05) is 56.4 Å². The molecule has 0 fully saturated rings. The Kier molecular flexibility index (Phi) is 5.95. The molecule has 0 atom stereocenters. The van der Waals surface area contributed by atoms with Crippen molar-refractivity contribution >= 4 is 23.8 Å². The van der Waals surface area contributed by atoms with Gasteiger partial charge in [-0.3, -0.25) is 4.79 Å². The van der Waals surface area contributed by atoms with Crippen LogP contribution in [0.3, 0.4) is 0 Å². The summed E-state index contributed by atoms with van der Waals surface area (Å²) in [6.07, 6.45) is 0.898. The maximum Gasteiger partial charge on any atom is 0.239 e. The molecular formula is C12H23N7O. The maximum absolute atomic E-state index is 11.6. The van der Waals surface area contributed by atoms with Crippen LogP contribution in [0.25, 0.3) is 0 Å². The number of anilines is 3. The summed E-state index contributed by atoms with van der Waals surface area (Å²) in [7, 11) is 7.09. The van der Waals surface area contributed by atoms with Gasteiger partial charge in [-0.2, -0.15) is 15.0 Å². The second-order valence-electron chi connectivity index (χ2n) is 4.50. The molecule has 1 aromatic rings. The first-order chi connectivity index (χ1) is 9.51. The smallest absolute Gasteiger partial charge is 0.239 e. The first-order valence-electron chi connectivity index (χ1n) is 6.58. The average Bonchev–Trinajstić information content (AvgIpc) is 2.45. The highest BCUT2D eigenvalue weighted by atomic mass is 16.1. The molecule has 0 radical (unpaired) electrons. The lowest BCUT2D eigenvalue weighted by Crippen LogP contribution is -2.37. The standard InChI is InChI=1S/C12H23N7O/c1-6-7-19(8-9(20)13-2)12-16-10(14-3)15-11(17-12)18(4)5/h6-8H2,1-5H3,(H,13,20)(H,14,15,16,17). The van der Waals surface area contributed by atoms with Gasteiger partial charge in [-0.15, -0.1) is 0 Å². The minimum atomic E-state index is -0.0729. The molecule has 0 bridgehead atoms. The normalized spacial score (nSPS) is 10.1. The van der Waals surface area contributed by atoms with Gasteiger partial charge in [0.15, 0.2) is 0 Å². The van der Waals surface area contributed by atoms with Gasteiger partial charge in [0.2, 0.25) is 23.8 Å². The molecule has 1 heterocycles. The molecule has 0 saturated heterocycles. The summed E-state index contributed by atoms with van der Waals surface area (Å²) in [4.78, 5) is 28.2. The topological polar surface area (TPSA) is 86.3 Å². The summed E-state index contributed by atoms with van der Waals surface area (Å²) < 4.78 is 0. The number of hydrogen-bond donors (Lipinski definition) is 2. The summed E-state index contributed by atoms with van der Waals surface area (Å²) in [5.41, 5.74) is 0. The van der Waals surface area contributed by atoms with Crippen molar-refractivity contribution in [2.24, 2.45) is 0 Å². The number of rotatable bonds is 7. The molecule has 1 aromatic heterocycles. The summed E-state index contributed by atoms with van der Waals surface area (Å²) >= 11 is 0. The van der Waals surface area contributed by atoms with Gasteiger partial charge in [0.25, 0.3) is 0 Å². The Balaban J connectivity index is 3.10. The van der Waals surface area contributed by atoms with Crippen molar-refractivity contribution in [3.05, 3.63) is 0 Å². The molecule has 8 nitrogen and oxygen atoms in total. The van der Waals surface area contributed by atoms with E-state index in [4.69, 9.17) is 0 Å². The summed E-state index contributed by atoms with van der Waals surface area (Å²) in [5, 5.41) is 5.52. The van der Waals surface area contributed by atoms with Gasteiger partial charge in [0.05, 0.1) is 6.54 Å². The van der Waals surface area contributed by atoms with E-state index >= 15 is 0 Å². The number of nitrogens with one attached hydrogen (secondary N) is 2. The largest absolute Gasteiger partial charge is 0.358 e. The van der Waals surface area contributed by atoms with Crippen LogP contribution in [0.2, 0.25) is 0 Å². The third-order valence-electron chi connectivity index (χ3n) is 2.63. The molecule has 20 heavy (non-hydrogen) atoms. The van der Waals surface area contributed by atoms with Crippen molar-refractivity contribution in [1.82, 2.24) is 20.3 Å². The van der Waals surface area contributed by atoms with Gasteiger partial charge in [-0.25, -0.2) is 0 Å². The maximum atomic E-state index is 11.6. The van der Waals surface area contributed by atoms with Gasteiger partial charge in [-0.1, -0.05) is 6.92 Å². The lowest BCUT2D eigenvalue weighted by molar-refractivity contribution is -0.119. The third kappa shape index (κ3) is 4.22.